The molecule has 0 heterocycles. The largest absolute Gasteiger partial charge is 0.501 e. The van der Waals surface area contributed by atoms with Gasteiger partial charge in [0.2, 0.25) is 0 Å². The first kappa shape index (κ1) is 23.4. The van der Waals surface area contributed by atoms with Crippen LogP contribution < -0.4 is 14.2 Å². The maximum Gasteiger partial charge on any atom is 0.501 e. The average Bonchev–Trinajstić information content (AvgIpc) is 2.75. The average molecular weight is 487 g/mol. The van der Waals surface area contributed by atoms with Crippen LogP contribution in [-0.4, -0.2) is 29.5 Å². The Morgan fingerprint density at radius 1 is 0.781 bits per heavy atom. The minimum absolute atomic E-state index is 0.104. The number of sulfone groups is 1. The van der Waals surface area contributed by atoms with Crippen molar-refractivity contribution in [1.82, 2.24) is 0 Å². The number of methoxy groups -OCH3 is 1. The fourth-order valence-electron chi connectivity index (χ4n) is 2.55. The van der Waals surface area contributed by atoms with E-state index in [0.29, 0.717) is 17.9 Å². The van der Waals surface area contributed by atoms with Gasteiger partial charge >= 0.3 is 5.51 Å². The highest BCUT2D eigenvalue weighted by Gasteiger charge is 2.47. The molecule has 3 aromatic rings. The molecule has 0 radical (unpaired) electrons. The van der Waals surface area contributed by atoms with Crippen molar-refractivity contribution in [3.05, 3.63) is 72.8 Å². The van der Waals surface area contributed by atoms with Crippen LogP contribution in [0.3, 0.4) is 0 Å². The third kappa shape index (κ3) is 4.97. The second-order valence-electron chi connectivity index (χ2n) is 6.30. The van der Waals surface area contributed by atoms with Crippen LogP contribution in [0.1, 0.15) is 0 Å². The summed E-state index contributed by atoms with van der Waals surface area (Å²) in [6, 6.07) is 15.2. The number of anilines is 1. The molecular formula is C20H16F3NO6S2. The molecule has 3 aromatic carbocycles. The SMILES string of the molecule is COc1ccc(Oc2cc(S(=O)(=O)C(F)(F)F)ccc2NS(=O)(=O)c2ccccc2)cc1. The Morgan fingerprint density at radius 2 is 1.38 bits per heavy atom. The first-order chi connectivity index (χ1) is 14.9. The van der Waals surface area contributed by atoms with E-state index in [0.717, 1.165) is 6.07 Å². The van der Waals surface area contributed by atoms with Crippen LogP contribution >= 0.6 is 0 Å². The van der Waals surface area contributed by atoms with E-state index in [1.807, 2.05) is 0 Å². The number of hydrogen-bond acceptors (Lipinski definition) is 6. The van der Waals surface area contributed by atoms with Crippen molar-refractivity contribution in [1.29, 1.82) is 0 Å². The first-order valence-electron chi connectivity index (χ1n) is 8.79. The molecule has 0 bridgehead atoms. The van der Waals surface area contributed by atoms with Gasteiger partial charge in [0.1, 0.15) is 11.5 Å². The van der Waals surface area contributed by atoms with Gasteiger partial charge < -0.3 is 9.47 Å². The third-order valence-electron chi connectivity index (χ3n) is 4.15. The quantitative estimate of drug-likeness (QED) is 0.524. The van der Waals surface area contributed by atoms with E-state index < -0.39 is 36.0 Å². The Balaban J connectivity index is 2.07. The second kappa shape index (κ2) is 8.71. The van der Waals surface area contributed by atoms with Crippen LogP contribution in [0.15, 0.2) is 82.6 Å². The van der Waals surface area contributed by atoms with Crippen LogP contribution in [0.2, 0.25) is 0 Å². The standard InChI is InChI=1S/C20H16F3NO6S2/c1-29-14-7-9-15(10-8-14)30-19-13-17(31(25,26)20(21,22)23)11-12-18(19)24-32(27,28)16-5-3-2-4-6-16/h2-13,24H,1H3. The number of rotatable bonds is 7. The molecule has 0 aliphatic rings. The Bertz CT molecular complexity index is 1310. The zero-order valence-electron chi connectivity index (χ0n) is 16.3. The van der Waals surface area contributed by atoms with Gasteiger partial charge in [-0.3, -0.25) is 4.72 Å². The lowest BCUT2D eigenvalue weighted by molar-refractivity contribution is -0.0436. The molecule has 1 N–H and O–H groups in total. The van der Waals surface area contributed by atoms with E-state index in [-0.39, 0.29) is 16.3 Å². The first-order valence-corrected chi connectivity index (χ1v) is 11.8. The molecule has 3 rings (SSSR count). The highest BCUT2D eigenvalue weighted by molar-refractivity contribution is 7.93. The summed E-state index contributed by atoms with van der Waals surface area (Å²) in [4.78, 5) is -1.21. The number of benzene rings is 3. The Hall–Kier alpha value is -3.25. The smallest absolute Gasteiger partial charge is 0.497 e. The Labute approximate surface area is 182 Å². The van der Waals surface area contributed by atoms with Gasteiger partial charge in [0.15, 0.2) is 5.75 Å². The number of alkyl halides is 3. The summed E-state index contributed by atoms with van der Waals surface area (Å²) in [6.07, 6.45) is 0. The van der Waals surface area contributed by atoms with Crippen molar-refractivity contribution >= 4 is 25.5 Å². The molecule has 0 fully saturated rings. The van der Waals surface area contributed by atoms with E-state index in [1.54, 1.807) is 6.07 Å². The molecule has 0 spiro atoms. The summed E-state index contributed by atoms with van der Waals surface area (Å²) in [7, 11) is -8.40. The second-order valence-corrected chi connectivity index (χ2v) is 9.93. The summed E-state index contributed by atoms with van der Waals surface area (Å²) in [5.41, 5.74) is -5.80. The molecule has 0 aliphatic carbocycles. The van der Waals surface area contributed by atoms with Crippen LogP contribution in [0.5, 0.6) is 17.2 Å². The normalized spacial score (nSPS) is 12.2. The molecule has 0 aliphatic heterocycles. The van der Waals surface area contributed by atoms with E-state index in [1.165, 1.54) is 55.6 Å². The number of ether oxygens (including phenoxy) is 2. The van der Waals surface area contributed by atoms with Crippen LogP contribution in [0.4, 0.5) is 18.9 Å². The minimum Gasteiger partial charge on any atom is -0.497 e. The lowest BCUT2D eigenvalue weighted by Gasteiger charge is -2.16. The van der Waals surface area contributed by atoms with E-state index in [9.17, 15) is 30.0 Å². The summed E-state index contributed by atoms with van der Waals surface area (Å²) in [6.45, 7) is 0. The topological polar surface area (TPSA) is 98.8 Å². The molecule has 0 amide bonds. The lowest BCUT2D eigenvalue weighted by Crippen LogP contribution is -2.23. The van der Waals surface area contributed by atoms with Gasteiger partial charge in [-0.2, -0.15) is 13.2 Å². The van der Waals surface area contributed by atoms with Crippen molar-refractivity contribution < 1.29 is 39.5 Å². The van der Waals surface area contributed by atoms with Crippen molar-refractivity contribution in [2.24, 2.45) is 0 Å². The van der Waals surface area contributed by atoms with Crippen LogP contribution in [0.25, 0.3) is 0 Å². The fraction of sp³-hybridized carbons (Fsp3) is 0.100. The minimum atomic E-state index is -5.69. The van der Waals surface area contributed by atoms with Crippen molar-refractivity contribution in [2.75, 3.05) is 11.8 Å². The molecule has 7 nitrogen and oxygen atoms in total. The van der Waals surface area contributed by atoms with Crippen molar-refractivity contribution in [3.8, 4) is 17.2 Å². The molecule has 0 saturated heterocycles. The molecule has 0 saturated carbocycles. The number of sulfonamides is 1. The van der Waals surface area contributed by atoms with E-state index in [4.69, 9.17) is 9.47 Å². The number of hydrogen-bond donors (Lipinski definition) is 1. The number of halogens is 3. The molecule has 0 unspecified atom stereocenters. The molecule has 0 aromatic heterocycles. The fourth-order valence-corrected chi connectivity index (χ4v) is 4.41. The van der Waals surface area contributed by atoms with Gasteiger partial charge in [-0.25, -0.2) is 16.8 Å². The van der Waals surface area contributed by atoms with Gasteiger partial charge in [-0.15, -0.1) is 0 Å². The van der Waals surface area contributed by atoms with Gasteiger partial charge in [0.05, 0.1) is 22.6 Å². The third-order valence-corrected chi connectivity index (χ3v) is 7.02. The van der Waals surface area contributed by atoms with Crippen LogP contribution in [0, 0.1) is 0 Å². The van der Waals surface area contributed by atoms with Crippen LogP contribution in [-0.2, 0) is 19.9 Å². The summed E-state index contributed by atoms with van der Waals surface area (Å²) in [5, 5.41) is 0. The summed E-state index contributed by atoms with van der Waals surface area (Å²) in [5.74, 6) is 0.128. The predicted octanol–water partition coefficient (Wildman–Crippen LogP) is 4.58. The molecule has 170 valence electrons. The monoisotopic (exact) mass is 487 g/mol. The highest BCUT2D eigenvalue weighted by atomic mass is 32.2. The van der Waals surface area contributed by atoms with Gasteiger partial charge in [0, 0.05) is 6.07 Å². The maximum atomic E-state index is 13.0. The van der Waals surface area contributed by atoms with Crippen molar-refractivity contribution in [3.63, 3.8) is 0 Å². The van der Waals surface area contributed by atoms with Gasteiger partial charge in [-0.1, -0.05) is 18.2 Å². The van der Waals surface area contributed by atoms with Gasteiger partial charge in [0.25, 0.3) is 19.9 Å². The lowest BCUT2D eigenvalue weighted by atomic mass is 10.3. The molecule has 0 atom stereocenters. The predicted molar refractivity (Wildman–Crippen MR) is 110 cm³/mol. The van der Waals surface area contributed by atoms with Crippen molar-refractivity contribution in [2.45, 2.75) is 15.3 Å². The molecule has 12 heteroatoms. The molecule has 32 heavy (non-hydrogen) atoms. The maximum absolute atomic E-state index is 13.0. The summed E-state index contributed by atoms with van der Waals surface area (Å²) >= 11 is 0. The van der Waals surface area contributed by atoms with E-state index in [2.05, 4.69) is 4.72 Å². The van der Waals surface area contributed by atoms with E-state index >= 15 is 0 Å². The zero-order chi connectivity index (χ0) is 23.6. The Kier molecular flexibility index (Phi) is 6.37. The van der Waals surface area contributed by atoms with Gasteiger partial charge in [-0.05, 0) is 48.5 Å². The Morgan fingerprint density at radius 3 is 1.94 bits per heavy atom. The molecular weight excluding hydrogens is 471 g/mol. The number of nitrogens with one attached hydrogen (secondary N) is 1. The summed E-state index contributed by atoms with van der Waals surface area (Å²) < 4.78 is 101. The highest BCUT2D eigenvalue weighted by Crippen LogP contribution is 2.37. The zero-order valence-corrected chi connectivity index (χ0v) is 18.0.